The van der Waals surface area contributed by atoms with Crippen LogP contribution < -0.4 is 15.5 Å². The lowest BCUT2D eigenvalue weighted by atomic mass is 10.0. The molecule has 0 fully saturated rings. The number of carbonyl (C=O) groups is 1. The van der Waals surface area contributed by atoms with Crippen LogP contribution in [0.1, 0.15) is 37.7 Å². The number of hydrogen-bond donors (Lipinski definition) is 2. The Morgan fingerprint density at radius 3 is 2.60 bits per heavy atom. The number of amides is 1. The highest BCUT2D eigenvalue weighted by atomic mass is 32.2. The highest BCUT2D eigenvalue weighted by Crippen LogP contribution is 2.37. The summed E-state index contributed by atoms with van der Waals surface area (Å²) in [4.78, 5) is 13.2. The molecular weight excluding hydrogens is 398 g/mol. The van der Waals surface area contributed by atoms with Crippen LogP contribution in [0.4, 0.5) is 5.69 Å². The van der Waals surface area contributed by atoms with Gasteiger partial charge in [0.15, 0.2) is 5.82 Å². The molecule has 0 unspecified atom stereocenters. The van der Waals surface area contributed by atoms with E-state index in [2.05, 4.69) is 27.9 Å². The van der Waals surface area contributed by atoms with E-state index >= 15 is 0 Å². The second-order valence-corrected chi connectivity index (χ2v) is 8.10. The topological polar surface area (TPSA) is 81.1 Å². The van der Waals surface area contributed by atoms with Crippen molar-refractivity contribution >= 4 is 23.4 Å². The third-order valence-electron chi connectivity index (χ3n) is 4.83. The minimum Gasteiger partial charge on any atom is -0.494 e. The van der Waals surface area contributed by atoms with Crippen LogP contribution in [0.25, 0.3) is 0 Å². The maximum atomic E-state index is 13.2. The maximum absolute atomic E-state index is 13.2. The van der Waals surface area contributed by atoms with Crippen molar-refractivity contribution in [3.8, 4) is 5.75 Å². The number of nitrogens with zero attached hydrogens (tertiary/aromatic N) is 3. The smallest absolute Gasteiger partial charge is 0.240 e. The van der Waals surface area contributed by atoms with Gasteiger partial charge in [-0.3, -0.25) is 4.79 Å². The SMILES string of the molecule is CCCc1nnc2n1N[C@H](c1ccccc1)[C@H](C(=O)Nc1ccc(OCC)cc1)S2. The van der Waals surface area contributed by atoms with Gasteiger partial charge in [-0.15, -0.1) is 10.2 Å². The highest BCUT2D eigenvalue weighted by Gasteiger charge is 2.37. The zero-order chi connectivity index (χ0) is 20.9. The summed E-state index contributed by atoms with van der Waals surface area (Å²) in [7, 11) is 0. The summed E-state index contributed by atoms with van der Waals surface area (Å²) < 4.78 is 7.40. The minimum absolute atomic E-state index is 0.0863. The molecule has 2 heterocycles. The van der Waals surface area contributed by atoms with Crippen LogP contribution in [0.3, 0.4) is 0 Å². The van der Waals surface area contributed by atoms with Gasteiger partial charge in [0.25, 0.3) is 0 Å². The van der Waals surface area contributed by atoms with Gasteiger partial charge in [0.05, 0.1) is 12.6 Å². The number of aromatic nitrogens is 3. The first kappa shape index (κ1) is 20.3. The van der Waals surface area contributed by atoms with Gasteiger partial charge < -0.3 is 15.5 Å². The summed E-state index contributed by atoms with van der Waals surface area (Å²) in [6.45, 7) is 4.66. The standard InChI is InChI=1S/C22H25N5O2S/c1-3-8-18-24-25-22-27(18)26-19(15-9-6-5-7-10-15)20(30-22)21(28)23-16-11-13-17(14-12-16)29-4-2/h5-7,9-14,19-20,26H,3-4,8H2,1-2H3,(H,23,28)/t19-,20-/m1/s1. The molecule has 4 rings (SSSR count). The Labute approximate surface area is 180 Å². The van der Waals surface area contributed by atoms with Crippen molar-refractivity contribution in [1.82, 2.24) is 14.9 Å². The molecule has 0 aliphatic carbocycles. The lowest BCUT2D eigenvalue weighted by Gasteiger charge is -2.33. The number of rotatable bonds is 7. The van der Waals surface area contributed by atoms with E-state index in [-0.39, 0.29) is 11.9 Å². The molecule has 2 N–H and O–H groups in total. The van der Waals surface area contributed by atoms with Crippen molar-refractivity contribution in [3.05, 3.63) is 66.0 Å². The lowest BCUT2D eigenvalue weighted by Crippen LogP contribution is -2.41. The van der Waals surface area contributed by atoms with Gasteiger partial charge in [0.2, 0.25) is 11.1 Å². The van der Waals surface area contributed by atoms with Gasteiger partial charge in [-0.05, 0) is 43.2 Å². The monoisotopic (exact) mass is 423 g/mol. The predicted octanol–water partition coefficient (Wildman–Crippen LogP) is 4.03. The van der Waals surface area contributed by atoms with Gasteiger partial charge >= 0.3 is 0 Å². The van der Waals surface area contributed by atoms with Crippen molar-refractivity contribution in [2.75, 3.05) is 17.3 Å². The molecule has 0 spiro atoms. The van der Waals surface area contributed by atoms with E-state index in [0.29, 0.717) is 11.8 Å². The molecule has 1 aliphatic heterocycles. The number of nitrogens with one attached hydrogen (secondary N) is 2. The van der Waals surface area contributed by atoms with E-state index in [1.54, 1.807) is 0 Å². The highest BCUT2D eigenvalue weighted by molar-refractivity contribution is 8.00. The van der Waals surface area contributed by atoms with Crippen LogP contribution in [-0.2, 0) is 11.2 Å². The van der Waals surface area contributed by atoms with Crippen LogP contribution in [0.15, 0.2) is 59.8 Å². The Hall–Kier alpha value is -3.00. The molecule has 2 aromatic carbocycles. The zero-order valence-electron chi connectivity index (χ0n) is 17.0. The molecule has 156 valence electrons. The Bertz CT molecular complexity index is 991. The number of carbonyl (C=O) groups excluding carboxylic acids is 1. The molecule has 0 saturated heterocycles. The first-order valence-electron chi connectivity index (χ1n) is 10.2. The largest absolute Gasteiger partial charge is 0.494 e. The fourth-order valence-corrected chi connectivity index (χ4v) is 4.51. The van der Waals surface area contributed by atoms with E-state index in [1.807, 2.05) is 66.2 Å². The molecule has 0 bridgehead atoms. The van der Waals surface area contributed by atoms with Gasteiger partial charge in [-0.2, -0.15) is 0 Å². The molecule has 2 atom stereocenters. The summed E-state index contributed by atoms with van der Waals surface area (Å²) in [5, 5.41) is 11.9. The molecule has 0 saturated carbocycles. The number of aryl methyl sites for hydroxylation is 1. The molecule has 30 heavy (non-hydrogen) atoms. The van der Waals surface area contributed by atoms with E-state index < -0.39 is 5.25 Å². The van der Waals surface area contributed by atoms with Crippen molar-refractivity contribution < 1.29 is 9.53 Å². The third-order valence-corrected chi connectivity index (χ3v) is 6.04. The van der Waals surface area contributed by atoms with Gasteiger partial charge in [0.1, 0.15) is 11.0 Å². The molecule has 1 aromatic heterocycles. The van der Waals surface area contributed by atoms with Crippen molar-refractivity contribution in [1.29, 1.82) is 0 Å². The number of thioether (sulfide) groups is 1. The van der Waals surface area contributed by atoms with Crippen LogP contribution >= 0.6 is 11.8 Å². The van der Waals surface area contributed by atoms with Crippen LogP contribution in [-0.4, -0.2) is 32.6 Å². The number of hydrogen-bond acceptors (Lipinski definition) is 6. The summed E-state index contributed by atoms with van der Waals surface area (Å²) in [6.07, 6.45) is 1.80. The van der Waals surface area contributed by atoms with Crippen molar-refractivity contribution in [2.24, 2.45) is 0 Å². The quantitative estimate of drug-likeness (QED) is 0.597. The van der Waals surface area contributed by atoms with Crippen molar-refractivity contribution in [3.63, 3.8) is 0 Å². The molecule has 7 nitrogen and oxygen atoms in total. The molecular formula is C22H25N5O2S. The van der Waals surface area contributed by atoms with E-state index in [0.717, 1.165) is 35.7 Å². The normalized spacial score (nSPS) is 17.7. The Kier molecular flexibility index (Phi) is 6.23. The first-order chi connectivity index (χ1) is 14.7. The lowest BCUT2D eigenvalue weighted by molar-refractivity contribution is -0.116. The van der Waals surface area contributed by atoms with Crippen LogP contribution in [0, 0.1) is 0 Å². The third kappa shape index (κ3) is 4.28. The molecule has 1 aliphatic rings. The number of fused-ring (bicyclic) bond motifs is 1. The fraction of sp³-hybridized carbons (Fsp3) is 0.318. The number of benzene rings is 2. The maximum Gasteiger partial charge on any atom is 0.240 e. The second-order valence-electron chi connectivity index (χ2n) is 6.99. The molecule has 8 heteroatoms. The van der Waals surface area contributed by atoms with Crippen LogP contribution in [0.5, 0.6) is 5.75 Å². The summed E-state index contributed by atoms with van der Waals surface area (Å²) in [5.74, 6) is 1.58. The summed E-state index contributed by atoms with van der Waals surface area (Å²) in [6, 6.07) is 17.2. The van der Waals surface area contributed by atoms with E-state index in [1.165, 1.54) is 11.8 Å². The average molecular weight is 424 g/mol. The Morgan fingerprint density at radius 1 is 1.13 bits per heavy atom. The summed E-state index contributed by atoms with van der Waals surface area (Å²) >= 11 is 1.44. The Morgan fingerprint density at radius 2 is 1.90 bits per heavy atom. The number of ether oxygens (including phenoxy) is 1. The average Bonchev–Trinajstić information content (AvgIpc) is 3.17. The van der Waals surface area contributed by atoms with Gasteiger partial charge in [-0.1, -0.05) is 49.0 Å². The van der Waals surface area contributed by atoms with Crippen molar-refractivity contribution in [2.45, 2.75) is 43.1 Å². The molecule has 0 radical (unpaired) electrons. The van der Waals surface area contributed by atoms with E-state index in [4.69, 9.17) is 4.74 Å². The van der Waals surface area contributed by atoms with E-state index in [9.17, 15) is 4.79 Å². The number of anilines is 1. The summed E-state index contributed by atoms with van der Waals surface area (Å²) in [5.41, 5.74) is 5.25. The predicted molar refractivity (Wildman–Crippen MR) is 118 cm³/mol. The molecule has 1 amide bonds. The van der Waals surface area contributed by atoms with Gasteiger partial charge in [-0.25, -0.2) is 4.68 Å². The Balaban J connectivity index is 1.59. The van der Waals surface area contributed by atoms with Gasteiger partial charge in [0, 0.05) is 12.1 Å². The first-order valence-corrected chi connectivity index (χ1v) is 11.0. The minimum atomic E-state index is -0.398. The second kappa shape index (κ2) is 9.21. The zero-order valence-corrected chi connectivity index (χ0v) is 17.9. The fourth-order valence-electron chi connectivity index (χ4n) is 3.41. The van der Waals surface area contributed by atoms with Crippen LogP contribution in [0.2, 0.25) is 0 Å². The molecule has 3 aromatic rings.